The van der Waals surface area contributed by atoms with Crippen LogP contribution in [0.1, 0.15) is 30.8 Å². The second kappa shape index (κ2) is 8.89. The molecule has 1 aliphatic heterocycles. The highest BCUT2D eigenvalue weighted by atomic mass is 32.2. The highest BCUT2D eigenvalue weighted by Crippen LogP contribution is 2.20. The minimum absolute atomic E-state index is 0.0873. The normalized spacial score (nSPS) is 19.7. The van der Waals surface area contributed by atoms with Gasteiger partial charge in [0, 0.05) is 31.9 Å². The molecule has 1 aliphatic rings. The fourth-order valence-electron chi connectivity index (χ4n) is 2.88. The third-order valence-electron chi connectivity index (χ3n) is 4.08. The van der Waals surface area contributed by atoms with Crippen LogP contribution in [0.25, 0.3) is 0 Å². The third-order valence-corrected chi connectivity index (χ3v) is 4.61. The summed E-state index contributed by atoms with van der Waals surface area (Å²) in [4.78, 5) is 38.5. The molecule has 1 fully saturated rings. The SMILES string of the molecule is CCNC(=O)[C@@H]1C[C@H](NC(=O)c2ccn(CC)n2)CN1C(=O)CSC. The molecule has 0 spiro atoms. The van der Waals surface area contributed by atoms with Gasteiger partial charge in [-0.15, -0.1) is 0 Å². The van der Waals surface area contributed by atoms with E-state index in [2.05, 4.69) is 15.7 Å². The Morgan fingerprint density at radius 2 is 2.12 bits per heavy atom. The first kappa shape index (κ1) is 19.3. The van der Waals surface area contributed by atoms with E-state index >= 15 is 0 Å². The third kappa shape index (κ3) is 4.75. The lowest BCUT2D eigenvalue weighted by atomic mass is 10.1. The second-order valence-electron chi connectivity index (χ2n) is 5.85. The van der Waals surface area contributed by atoms with Gasteiger partial charge >= 0.3 is 0 Å². The Bertz CT molecular complexity index is 607. The first-order valence-electron chi connectivity index (χ1n) is 8.40. The van der Waals surface area contributed by atoms with Crippen molar-refractivity contribution >= 4 is 29.5 Å². The number of hydrogen-bond acceptors (Lipinski definition) is 5. The van der Waals surface area contributed by atoms with Crippen LogP contribution >= 0.6 is 11.8 Å². The zero-order valence-electron chi connectivity index (χ0n) is 14.8. The molecule has 0 unspecified atom stereocenters. The van der Waals surface area contributed by atoms with Crippen molar-refractivity contribution in [2.45, 2.75) is 38.9 Å². The van der Waals surface area contributed by atoms with Crippen LogP contribution in [-0.2, 0) is 16.1 Å². The minimum Gasteiger partial charge on any atom is -0.355 e. The highest BCUT2D eigenvalue weighted by molar-refractivity contribution is 7.99. The maximum absolute atomic E-state index is 12.3. The van der Waals surface area contributed by atoms with Gasteiger partial charge in [-0.3, -0.25) is 19.1 Å². The van der Waals surface area contributed by atoms with E-state index in [4.69, 9.17) is 0 Å². The predicted molar refractivity (Wildman–Crippen MR) is 96.3 cm³/mol. The topological polar surface area (TPSA) is 96.3 Å². The van der Waals surface area contributed by atoms with Gasteiger partial charge in [0.25, 0.3) is 5.91 Å². The van der Waals surface area contributed by atoms with Gasteiger partial charge in [0.15, 0.2) is 0 Å². The van der Waals surface area contributed by atoms with Crippen molar-refractivity contribution < 1.29 is 14.4 Å². The van der Waals surface area contributed by atoms with Gasteiger partial charge in [0.2, 0.25) is 11.8 Å². The molecule has 2 heterocycles. The lowest BCUT2D eigenvalue weighted by Crippen LogP contribution is -2.46. The van der Waals surface area contributed by atoms with Crippen molar-refractivity contribution in [3.05, 3.63) is 18.0 Å². The van der Waals surface area contributed by atoms with E-state index in [1.807, 2.05) is 20.1 Å². The molecule has 0 saturated carbocycles. The molecule has 2 rings (SSSR count). The quantitative estimate of drug-likeness (QED) is 0.713. The molecule has 2 atom stereocenters. The van der Waals surface area contributed by atoms with Gasteiger partial charge in [-0.05, 0) is 32.6 Å². The smallest absolute Gasteiger partial charge is 0.272 e. The first-order valence-corrected chi connectivity index (χ1v) is 9.79. The Morgan fingerprint density at radius 3 is 2.72 bits per heavy atom. The fraction of sp³-hybridized carbons (Fsp3) is 0.625. The van der Waals surface area contributed by atoms with Gasteiger partial charge in [-0.25, -0.2) is 0 Å². The zero-order valence-corrected chi connectivity index (χ0v) is 15.6. The van der Waals surface area contributed by atoms with E-state index in [0.29, 0.717) is 37.5 Å². The van der Waals surface area contributed by atoms with Crippen molar-refractivity contribution in [2.24, 2.45) is 0 Å². The van der Waals surface area contributed by atoms with Crippen LogP contribution in [0.2, 0.25) is 0 Å². The monoisotopic (exact) mass is 367 g/mol. The summed E-state index contributed by atoms with van der Waals surface area (Å²) in [6.45, 7) is 5.31. The lowest BCUT2D eigenvalue weighted by Gasteiger charge is -2.23. The van der Waals surface area contributed by atoms with E-state index in [9.17, 15) is 14.4 Å². The number of aromatic nitrogens is 2. The van der Waals surface area contributed by atoms with E-state index in [-0.39, 0.29) is 23.8 Å². The van der Waals surface area contributed by atoms with Crippen LogP contribution in [0.5, 0.6) is 0 Å². The number of nitrogens with zero attached hydrogens (tertiary/aromatic N) is 3. The first-order chi connectivity index (χ1) is 12.0. The van der Waals surface area contributed by atoms with Crippen LogP contribution < -0.4 is 10.6 Å². The molecule has 9 heteroatoms. The van der Waals surface area contributed by atoms with Crippen LogP contribution in [0.15, 0.2) is 12.3 Å². The lowest BCUT2D eigenvalue weighted by molar-refractivity contribution is -0.136. The number of hydrogen-bond donors (Lipinski definition) is 2. The number of likely N-dealkylation sites (tertiary alicyclic amines) is 1. The van der Waals surface area contributed by atoms with Gasteiger partial charge in [-0.2, -0.15) is 16.9 Å². The summed E-state index contributed by atoms with van der Waals surface area (Å²) in [5, 5.41) is 9.83. The molecule has 25 heavy (non-hydrogen) atoms. The Kier molecular flexibility index (Phi) is 6.86. The molecule has 0 bridgehead atoms. The van der Waals surface area contributed by atoms with Crippen LogP contribution in [0.4, 0.5) is 0 Å². The van der Waals surface area contributed by atoms with E-state index in [1.54, 1.807) is 21.8 Å². The molecule has 2 N–H and O–H groups in total. The number of nitrogens with one attached hydrogen (secondary N) is 2. The Balaban J connectivity index is 2.05. The number of amides is 3. The summed E-state index contributed by atoms with van der Waals surface area (Å²) in [6.07, 6.45) is 4.00. The van der Waals surface area contributed by atoms with Gasteiger partial charge < -0.3 is 15.5 Å². The Morgan fingerprint density at radius 1 is 1.36 bits per heavy atom. The predicted octanol–water partition coefficient (Wildman–Crippen LogP) is 0.101. The molecule has 1 saturated heterocycles. The number of rotatable bonds is 7. The Labute approximate surface area is 151 Å². The van der Waals surface area contributed by atoms with Gasteiger partial charge in [0.05, 0.1) is 5.75 Å². The largest absolute Gasteiger partial charge is 0.355 e. The van der Waals surface area contributed by atoms with Crippen molar-refractivity contribution in [3.63, 3.8) is 0 Å². The zero-order chi connectivity index (χ0) is 18.4. The molecule has 0 aromatic carbocycles. The van der Waals surface area contributed by atoms with Gasteiger partial charge in [0.1, 0.15) is 11.7 Å². The van der Waals surface area contributed by atoms with Gasteiger partial charge in [-0.1, -0.05) is 0 Å². The molecular weight excluding hydrogens is 342 g/mol. The molecule has 3 amide bonds. The number of carbonyl (C=O) groups is 3. The summed E-state index contributed by atoms with van der Waals surface area (Å²) in [6, 6.07) is 0.849. The molecule has 8 nitrogen and oxygen atoms in total. The minimum atomic E-state index is -0.543. The van der Waals surface area contributed by atoms with E-state index in [0.717, 1.165) is 0 Å². The van der Waals surface area contributed by atoms with Crippen LogP contribution in [-0.4, -0.2) is 69.6 Å². The number of aryl methyl sites for hydroxylation is 1. The summed E-state index contributed by atoms with van der Waals surface area (Å²) in [5.74, 6) is -0.233. The van der Waals surface area contributed by atoms with Crippen molar-refractivity contribution in [1.82, 2.24) is 25.3 Å². The van der Waals surface area contributed by atoms with Crippen LogP contribution in [0, 0.1) is 0 Å². The Hall–Kier alpha value is -2.03. The molecule has 1 aromatic rings. The van der Waals surface area contributed by atoms with E-state index < -0.39 is 6.04 Å². The summed E-state index contributed by atoms with van der Waals surface area (Å²) >= 11 is 1.42. The fourth-order valence-corrected chi connectivity index (χ4v) is 3.29. The van der Waals surface area contributed by atoms with E-state index in [1.165, 1.54) is 11.8 Å². The standard InChI is InChI=1S/C16H25N5O3S/c1-4-17-16(24)13-8-11(9-21(13)14(22)10-25-3)18-15(23)12-6-7-20(5-2)19-12/h6-7,11,13H,4-5,8-10H2,1-3H3,(H,17,24)(H,18,23)/t11-,13-/m0/s1. The summed E-state index contributed by atoms with van der Waals surface area (Å²) in [5.41, 5.74) is 0.338. The highest BCUT2D eigenvalue weighted by Gasteiger charge is 2.39. The number of likely N-dealkylation sites (N-methyl/N-ethyl adjacent to an activating group) is 1. The molecule has 138 valence electrons. The average molecular weight is 367 g/mol. The molecule has 1 aromatic heterocycles. The number of thioether (sulfide) groups is 1. The van der Waals surface area contributed by atoms with Crippen molar-refractivity contribution in [1.29, 1.82) is 0 Å². The summed E-state index contributed by atoms with van der Waals surface area (Å²) < 4.78 is 1.68. The maximum Gasteiger partial charge on any atom is 0.272 e. The molecular formula is C16H25N5O3S. The molecule has 0 aliphatic carbocycles. The van der Waals surface area contributed by atoms with Crippen molar-refractivity contribution in [3.8, 4) is 0 Å². The van der Waals surface area contributed by atoms with Crippen molar-refractivity contribution in [2.75, 3.05) is 25.1 Å². The maximum atomic E-state index is 12.3. The van der Waals surface area contributed by atoms with Crippen LogP contribution in [0.3, 0.4) is 0 Å². The number of carbonyl (C=O) groups excluding carboxylic acids is 3. The summed E-state index contributed by atoms with van der Waals surface area (Å²) in [7, 11) is 0. The second-order valence-corrected chi connectivity index (χ2v) is 6.72. The molecule has 0 radical (unpaired) electrons. The average Bonchev–Trinajstić information content (AvgIpc) is 3.22.